The third-order valence-electron chi connectivity index (χ3n) is 3.11. The summed E-state index contributed by atoms with van der Waals surface area (Å²) in [5.41, 5.74) is 2.25. The van der Waals surface area contributed by atoms with Gasteiger partial charge >= 0.3 is 0 Å². The molecule has 1 unspecified atom stereocenters. The van der Waals surface area contributed by atoms with Crippen LogP contribution in [0.3, 0.4) is 0 Å². The second-order valence-corrected chi connectivity index (χ2v) is 4.39. The summed E-state index contributed by atoms with van der Waals surface area (Å²) in [5.74, 6) is 0.274. The third-order valence-corrected chi connectivity index (χ3v) is 3.11. The molecule has 0 saturated carbocycles. The van der Waals surface area contributed by atoms with Gasteiger partial charge in [0.15, 0.2) is 0 Å². The van der Waals surface area contributed by atoms with E-state index in [1.54, 1.807) is 18.3 Å². The highest BCUT2D eigenvalue weighted by atomic mass is 16.3. The van der Waals surface area contributed by atoms with Crippen LogP contribution >= 0.6 is 0 Å². The van der Waals surface area contributed by atoms with Crippen molar-refractivity contribution < 1.29 is 5.11 Å². The van der Waals surface area contributed by atoms with Crippen LogP contribution < -0.4 is 0 Å². The van der Waals surface area contributed by atoms with Gasteiger partial charge in [-0.25, -0.2) is 0 Å². The van der Waals surface area contributed by atoms with Crippen LogP contribution in [-0.4, -0.2) is 14.9 Å². The van der Waals surface area contributed by atoms with Crippen molar-refractivity contribution in [1.29, 1.82) is 0 Å². The Morgan fingerprint density at radius 2 is 1.53 bits per heavy atom. The summed E-state index contributed by atoms with van der Waals surface area (Å²) in [5, 5.41) is 13.8. The Morgan fingerprint density at radius 1 is 0.842 bits per heavy atom. The molecule has 0 saturated heterocycles. The summed E-state index contributed by atoms with van der Waals surface area (Å²) in [6.07, 6.45) is 3.72. The fourth-order valence-electron chi connectivity index (χ4n) is 2.22. The first-order chi connectivity index (χ1) is 9.34. The number of phenols is 1. The molecule has 0 radical (unpaired) electrons. The molecule has 1 heterocycles. The lowest BCUT2D eigenvalue weighted by Gasteiger charge is -2.18. The van der Waals surface area contributed by atoms with E-state index in [0.29, 0.717) is 0 Å². The molecule has 19 heavy (non-hydrogen) atoms. The van der Waals surface area contributed by atoms with Gasteiger partial charge in [-0.3, -0.25) is 4.68 Å². The number of phenolic OH excluding ortho intramolecular Hbond substituents is 1. The Bertz CT molecular complexity index is 630. The molecule has 2 aromatic carbocycles. The standard InChI is InChI=1S/C16H14N2O/c19-15-9-7-14(8-10-15)16(18-12-4-11-17-18)13-5-2-1-3-6-13/h1-12,16,19H. The van der Waals surface area contributed by atoms with Crippen LogP contribution in [0.2, 0.25) is 0 Å². The van der Waals surface area contributed by atoms with Gasteiger partial charge in [0.05, 0.1) is 0 Å². The van der Waals surface area contributed by atoms with Gasteiger partial charge in [0, 0.05) is 12.4 Å². The van der Waals surface area contributed by atoms with Crippen molar-refractivity contribution in [2.24, 2.45) is 0 Å². The quantitative estimate of drug-likeness (QED) is 0.775. The molecule has 1 aromatic heterocycles. The minimum absolute atomic E-state index is 0.0248. The lowest BCUT2D eigenvalue weighted by atomic mass is 9.99. The average molecular weight is 250 g/mol. The van der Waals surface area contributed by atoms with Gasteiger partial charge in [-0.15, -0.1) is 0 Å². The Morgan fingerprint density at radius 3 is 2.16 bits per heavy atom. The van der Waals surface area contributed by atoms with E-state index in [1.165, 1.54) is 0 Å². The maximum atomic E-state index is 9.42. The van der Waals surface area contributed by atoms with Crippen molar-refractivity contribution in [2.45, 2.75) is 6.04 Å². The molecule has 1 N–H and O–H groups in total. The van der Waals surface area contributed by atoms with E-state index in [2.05, 4.69) is 17.2 Å². The van der Waals surface area contributed by atoms with Crippen LogP contribution in [0.1, 0.15) is 17.2 Å². The van der Waals surface area contributed by atoms with Crippen molar-refractivity contribution in [3.8, 4) is 5.75 Å². The van der Waals surface area contributed by atoms with E-state index in [1.807, 2.05) is 47.3 Å². The summed E-state index contributed by atoms with van der Waals surface area (Å²) >= 11 is 0. The molecule has 3 nitrogen and oxygen atoms in total. The predicted octanol–water partition coefficient (Wildman–Crippen LogP) is 3.23. The molecule has 0 amide bonds. The molecular weight excluding hydrogens is 236 g/mol. The number of nitrogens with zero attached hydrogens (tertiary/aromatic N) is 2. The minimum Gasteiger partial charge on any atom is -0.508 e. The van der Waals surface area contributed by atoms with Crippen LogP contribution in [0.25, 0.3) is 0 Å². The van der Waals surface area contributed by atoms with E-state index in [9.17, 15) is 5.11 Å². The number of aromatic nitrogens is 2. The monoisotopic (exact) mass is 250 g/mol. The normalized spacial score (nSPS) is 12.2. The van der Waals surface area contributed by atoms with Crippen LogP contribution in [0, 0.1) is 0 Å². The highest BCUT2D eigenvalue weighted by Crippen LogP contribution is 2.26. The Balaban J connectivity index is 2.10. The first-order valence-electron chi connectivity index (χ1n) is 6.17. The maximum absolute atomic E-state index is 9.42. The summed E-state index contributed by atoms with van der Waals surface area (Å²) in [4.78, 5) is 0. The second-order valence-electron chi connectivity index (χ2n) is 4.39. The van der Waals surface area contributed by atoms with E-state index in [-0.39, 0.29) is 11.8 Å². The zero-order valence-electron chi connectivity index (χ0n) is 10.3. The van der Waals surface area contributed by atoms with Gasteiger partial charge in [0.2, 0.25) is 0 Å². The third kappa shape index (κ3) is 2.36. The van der Waals surface area contributed by atoms with Gasteiger partial charge < -0.3 is 5.11 Å². The van der Waals surface area contributed by atoms with E-state index >= 15 is 0 Å². The SMILES string of the molecule is Oc1ccc(C(c2ccccc2)n2cccn2)cc1. The average Bonchev–Trinajstić information content (AvgIpc) is 2.96. The van der Waals surface area contributed by atoms with Crippen LogP contribution in [-0.2, 0) is 0 Å². The van der Waals surface area contributed by atoms with Crippen molar-refractivity contribution in [3.05, 3.63) is 84.2 Å². The van der Waals surface area contributed by atoms with Gasteiger partial charge in [-0.2, -0.15) is 5.10 Å². The largest absolute Gasteiger partial charge is 0.508 e. The lowest BCUT2D eigenvalue weighted by molar-refractivity contribution is 0.474. The molecule has 94 valence electrons. The minimum atomic E-state index is 0.0248. The fourth-order valence-corrected chi connectivity index (χ4v) is 2.22. The number of aromatic hydroxyl groups is 1. The summed E-state index contributed by atoms with van der Waals surface area (Å²) in [7, 11) is 0. The summed E-state index contributed by atoms with van der Waals surface area (Å²) < 4.78 is 1.92. The number of hydrogen-bond donors (Lipinski definition) is 1. The van der Waals surface area contributed by atoms with Crippen LogP contribution in [0.5, 0.6) is 5.75 Å². The van der Waals surface area contributed by atoms with Crippen molar-refractivity contribution in [1.82, 2.24) is 9.78 Å². The highest BCUT2D eigenvalue weighted by Gasteiger charge is 2.15. The molecule has 0 aliphatic heterocycles. The molecule has 0 bridgehead atoms. The summed E-state index contributed by atoms with van der Waals surface area (Å²) in [6, 6.07) is 19.4. The van der Waals surface area contributed by atoms with Gasteiger partial charge in [-0.1, -0.05) is 42.5 Å². The molecule has 3 heteroatoms. The molecule has 3 aromatic rings. The zero-order valence-corrected chi connectivity index (χ0v) is 10.3. The van der Waals surface area contributed by atoms with E-state index in [0.717, 1.165) is 11.1 Å². The smallest absolute Gasteiger partial charge is 0.115 e. The Kier molecular flexibility index (Phi) is 3.02. The molecule has 0 aliphatic rings. The number of rotatable bonds is 3. The number of hydrogen-bond acceptors (Lipinski definition) is 2. The van der Waals surface area contributed by atoms with Gasteiger partial charge in [0.25, 0.3) is 0 Å². The molecule has 1 atom stereocenters. The zero-order chi connectivity index (χ0) is 13.1. The van der Waals surface area contributed by atoms with Crippen molar-refractivity contribution in [3.63, 3.8) is 0 Å². The summed E-state index contributed by atoms with van der Waals surface area (Å²) in [6.45, 7) is 0. The van der Waals surface area contributed by atoms with Gasteiger partial charge in [-0.05, 0) is 29.3 Å². The van der Waals surface area contributed by atoms with Crippen LogP contribution in [0.15, 0.2) is 73.1 Å². The second kappa shape index (κ2) is 4.98. The molecule has 0 fully saturated rings. The fraction of sp³-hybridized carbons (Fsp3) is 0.0625. The molecule has 0 spiro atoms. The highest BCUT2D eigenvalue weighted by molar-refractivity contribution is 5.35. The maximum Gasteiger partial charge on any atom is 0.115 e. The van der Waals surface area contributed by atoms with Crippen molar-refractivity contribution >= 4 is 0 Å². The number of benzene rings is 2. The molecular formula is C16H14N2O. The topological polar surface area (TPSA) is 38.0 Å². The Labute approximate surface area is 111 Å². The van der Waals surface area contributed by atoms with Crippen LogP contribution in [0.4, 0.5) is 0 Å². The van der Waals surface area contributed by atoms with Gasteiger partial charge in [0.1, 0.15) is 11.8 Å². The van der Waals surface area contributed by atoms with E-state index < -0.39 is 0 Å². The molecule has 3 rings (SSSR count). The first kappa shape index (κ1) is 11.5. The lowest BCUT2D eigenvalue weighted by Crippen LogP contribution is -2.12. The van der Waals surface area contributed by atoms with Crippen molar-refractivity contribution in [2.75, 3.05) is 0 Å². The predicted molar refractivity (Wildman–Crippen MR) is 74.0 cm³/mol. The molecule has 0 aliphatic carbocycles. The van der Waals surface area contributed by atoms with E-state index in [4.69, 9.17) is 0 Å². The first-order valence-corrected chi connectivity index (χ1v) is 6.17. The Hall–Kier alpha value is -2.55.